The van der Waals surface area contributed by atoms with Crippen LogP contribution in [0.1, 0.15) is 210 Å². The van der Waals surface area contributed by atoms with Gasteiger partial charge in [0.15, 0.2) is 0 Å². The molecule has 588 valence electrons. The minimum atomic E-state index is -1.89. The lowest BCUT2D eigenvalue weighted by Gasteiger charge is -2.33. The number of carboxylic acids is 1. The summed E-state index contributed by atoms with van der Waals surface area (Å²) >= 11 is 0. The highest BCUT2D eigenvalue weighted by Crippen LogP contribution is 2.22. The standard InChI is InChI=1S/C76H126N10O18/c1-27-44(4)58(67(95)86-76(25,26)69(98)83-53(68(96)97)37-43(2)3)84-64(92)55(42-100-71(10,11)12)81-60(88)50(39-48-33-35-49(36-34-48)103-74(19,20)21)78-61(89)52(40-56(87)104-75(22,23)24)79-63(91)54(41-99-70(7,8)9)82-66(94)59(46(6)102-73(16,17)18)85-62(90)51(38-47-31-29-28-30-32-47)80-65(93)57(77)45(5)101-72(13,14)15/h28-36,43-46,50-55,57-59H,27,37-42,77H2,1-26H3,(H,78,89)(H,79,91)(H,80,93)(H,81,88)(H,82,94)(H,83,98)(H,84,92)(H,85,90)(H,86,95)(H,96,97)/t44-,45+,46+,50-,51-,52-,53-,54-,55-,57-,58-,59-/m0/s1. The van der Waals surface area contributed by atoms with Gasteiger partial charge in [0.05, 0.1) is 54.2 Å². The molecule has 12 atom stereocenters. The number of hydrogen-bond acceptors (Lipinski definition) is 18. The molecule has 28 heteroatoms. The van der Waals surface area contributed by atoms with Gasteiger partial charge in [-0.25, -0.2) is 4.79 Å². The van der Waals surface area contributed by atoms with Crippen LogP contribution >= 0.6 is 0 Å². The summed E-state index contributed by atoms with van der Waals surface area (Å²) in [6.45, 7) is 43.0. The Labute approximate surface area is 616 Å². The maximum absolute atomic E-state index is 15.3. The fourth-order valence-electron chi connectivity index (χ4n) is 10.2. The first kappa shape index (κ1) is 92.3. The molecule has 0 unspecified atom stereocenters. The van der Waals surface area contributed by atoms with Crippen molar-refractivity contribution in [2.45, 2.75) is 318 Å². The Balaban J connectivity index is 2.88. The van der Waals surface area contributed by atoms with Crippen LogP contribution in [0.5, 0.6) is 5.75 Å². The van der Waals surface area contributed by atoms with Crippen molar-refractivity contribution in [3.05, 3.63) is 65.7 Å². The van der Waals surface area contributed by atoms with Gasteiger partial charge in [-0.1, -0.05) is 76.6 Å². The van der Waals surface area contributed by atoms with Gasteiger partial charge in [0, 0.05) is 12.8 Å². The molecule has 0 aliphatic heterocycles. The van der Waals surface area contributed by atoms with E-state index in [0.717, 1.165) is 0 Å². The lowest BCUT2D eigenvalue weighted by atomic mass is 9.95. The second kappa shape index (κ2) is 39.5. The largest absolute Gasteiger partial charge is 0.488 e. The van der Waals surface area contributed by atoms with Gasteiger partial charge < -0.3 is 87.1 Å². The predicted molar refractivity (Wildman–Crippen MR) is 395 cm³/mol. The topological polar surface area (TPSA) is 398 Å². The molecule has 2 aromatic rings. The highest BCUT2D eigenvalue weighted by molar-refractivity contribution is 6.00. The number of carbonyl (C=O) groups excluding carboxylic acids is 10. The van der Waals surface area contributed by atoms with E-state index in [1.165, 1.54) is 20.8 Å². The fraction of sp³-hybridized carbons (Fsp3) is 0.697. The molecule has 104 heavy (non-hydrogen) atoms. The van der Waals surface area contributed by atoms with Crippen molar-refractivity contribution in [2.24, 2.45) is 17.6 Å². The molecular formula is C76H126N10O18. The third-order valence-corrected chi connectivity index (χ3v) is 15.4. The van der Waals surface area contributed by atoms with Crippen molar-refractivity contribution < 1.29 is 86.3 Å². The van der Waals surface area contributed by atoms with Crippen molar-refractivity contribution in [1.82, 2.24) is 47.9 Å². The Morgan fingerprint density at radius 3 is 1.30 bits per heavy atom. The molecule has 0 radical (unpaired) electrons. The minimum absolute atomic E-state index is 0.0577. The van der Waals surface area contributed by atoms with E-state index < -0.39 is 196 Å². The summed E-state index contributed by atoms with van der Waals surface area (Å²) in [5.41, 5.74) is 0.617. The smallest absolute Gasteiger partial charge is 0.326 e. The molecule has 0 heterocycles. The van der Waals surface area contributed by atoms with Crippen molar-refractivity contribution >= 4 is 65.1 Å². The Morgan fingerprint density at radius 1 is 0.433 bits per heavy atom. The maximum atomic E-state index is 15.3. The summed E-state index contributed by atoms with van der Waals surface area (Å²) in [7, 11) is 0. The van der Waals surface area contributed by atoms with Gasteiger partial charge >= 0.3 is 11.9 Å². The van der Waals surface area contributed by atoms with Crippen molar-refractivity contribution in [2.75, 3.05) is 13.2 Å². The number of aliphatic carboxylic acids is 1. The summed E-state index contributed by atoms with van der Waals surface area (Å²) in [6.07, 6.45) is -2.70. The van der Waals surface area contributed by atoms with Crippen LogP contribution in [-0.4, -0.2) is 189 Å². The molecule has 2 aromatic carbocycles. The fourth-order valence-corrected chi connectivity index (χ4v) is 10.2. The summed E-state index contributed by atoms with van der Waals surface area (Å²) < 4.78 is 36.2. The van der Waals surface area contributed by atoms with Crippen LogP contribution in [0.4, 0.5) is 0 Å². The van der Waals surface area contributed by atoms with Crippen LogP contribution in [0.3, 0.4) is 0 Å². The molecule has 9 amide bonds. The zero-order chi connectivity index (χ0) is 80.0. The molecule has 0 bridgehead atoms. The van der Waals surface area contributed by atoms with Crippen molar-refractivity contribution in [3.63, 3.8) is 0 Å². The van der Waals surface area contributed by atoms with Gasteiger partial charge in [-0.2, -0.15) is 0 Å². The number of hydrogen-bond donors (Lipinski definition) is 11. The zero-order valence-electron chi connectivity index (χ0n) is 66.6. The summed E-state index contributed by atoms with van der Waals surface area (Å²) in [6, 6.07) is 1.77. The average molecular weight is 1470 g/mol. The van der Waals surface area contributed by atoms with E-state index in [0.29, 0.717) is 23.3 Å². The van der Waals surface area contributed by atoms with Gasteiger partial charge in [0.1, 0.15) is 76.9 Å². The van der Waals surface area contributed by atoms with Gasteiger partial charge in [0.25, 0.3) is 0 Å². The van der Waals surface area contributed by atoms with Crippen LogP contribution in [0, 0.1) is 11.8 Å². The number of amides is 9. The lowest BCUT2D eigenvalue weighted by Crippen LogP contribution is -2.64. The average Bonchev–Trinajstić information content (AvgIpc) is 0.840. The number of rotatable bonds is 38. The minimum Gasteiger partial charge on any atom is -0.488 e. The van der Waals surface area contributed by atoms with Gasteiger partial charge in [-0.05, 0) is 194 Å². The number of carboxylic acid groups (broad SMARTS) is 1. The first-order chi connectivity index (χ1) is 47.4. The summed E-state index contributed by atoms with van der Waals surface area (Å²) in [5.74, 6) is -10.7. The first-order valence-electron chi connectivity index (χ1n) is 35.8. The van der Waals surface area contributed by atoms with Crippen LogP contribution in [0.15, 0.2) is 54.6 Å². The predicted octanol–water partition coefficient (Wildman–Crippen LogP) is 5.70. The van der Waals surface area contributed by atoms with Gasteiger partial charge in [-0.15, -0.1) is 0 Å². The number of benzene rings is 2. The number of carbonyl (C=O) groups is 11. The summed E-state index contributed by atoms with van der Waals surface area (Å²) in [4.78, 5) is 158. The Kier molecular flexibility index (Phi) is 35.1. The molecule has 0 saturated carbocycles. The highest BCUT2D eigenvalue weighted by atomic mass is 16.6. The quantitative estimate of drug-likeness (QED) is 0.0359. The lowest BCUT2D eigenvalue weighted by molar-refractivity contribution is -0.157. The molecule has 28 nitrogen and oxygen atoms in total. The van der Waals surface area contributed by atoms with Crippen LogP contribution in [0.25, 0.3) is 0 Å². The Bertz CT molecular complexity index is 3180. The second-order valence-corrected chi connectivity index (χ2v) is 33.6. The van der Waals surface area contributed by atoms with Gasteiger partial charge in [-0.3, -0.25) is 47.9 Å². The van der Waals surface area contributed by atoms with Crippen molar-refractivity contribution in [3.8, 4) is 5.75 Å². The van der Waals surface area contributed by atoms with E-state index in [4.69, 9.17) is 34.2 Å². The van der Waals surface area contributed by atoms with Gasteiger partial charge in [0.2, 0.25) is 53.2 Å². The van der Waals surface area contributed by atoms with E-state index in [1.807, 2.05) is 20.8 Å². The van der Waals surface area contributed by atoms with Crippen LogP contribution in [0.2, 0.25) is 0 Å². The van der Waals surface area contributed by atoms with Crippen molar-refractivity contribution in [1.29, 1.82) is 0 Å². The third kappa shape index (κ3) is 35.8. The maximum Gasteiger partial charge on any atom is 0.326 e. The molecule has 0 saturated heterocycles. The highest BCUT2D eigenvalue weighted by Gasteiger charge is 2.42. The first-order valence-corrected chi connectivity index (χ1v) is 35.8. The zero-order valence-corrected chi connectivity index (χ0v) is 66.6. The van der Waals surface area contributed by atoms with E-state index in [9.17, 15) is 38.7 Å². The molecule has 0 aromatic heterocycles. The monoisotopic (exact) mass is 1470 g/mol. The molecule has 0 spiro atoms. The van der Waals surface area contributed by atoms with E-state index in [2.05, 4.69) is 47.9 Å². The van der Waals surface area contributed by atoms with Crippen LogP contribution in [-0.2, 0) is 89.3 Å². The SMILES string of the molecule is CC[C@H](C)[C@H](NC(=O)[C@H](COC(C)(C)C)NC(=O)[C@H](Cc1ccc(OC(C)(C)C)cc1)NC(=O)[C@H](CC(=O)OC(C)(C)C)NC(=O)[C@H](COC(C)(C)C)NC(=O)[C@@H](NC(=O)[C@H](Cc1ccccc1)NC(=O)[C@@H](N)[C@@H](C)OC(C)(C)C)[C@@H](C)OC(C)(C)C)C(=O)NC(C)(C)C(=O)N[C@@H](CC(C)C)C(=O)O. The van der Waals surface area contributed by atoms with Crippen LogP contribution < -0.4 is 58.3 Å². The summed E-state index contributed by atoms with van der Waals surface area (Å²) in [5, 5.41) is 34.0. The third-order valence-electron chi connectivity index (χ3n) is 15.4. The molecular weight excluding hydrogens is 1340 g/mol. The molecule has 0 aliphatic rings. The molecule has 2 rings (SSSR count). The second-order valence-electron chi connectivity index (χ2n) is 33.6. The Hall–Kier alpha value is -7.79. The molecule has 0 fully saturated rings. The molecule has 0 aliphatic carbocycles. The van der Waals surface area contributed by atoms with E-state index in [-0.39, 0.29) is 25.2 Å². The number of esters is 1. The normalized spacial score (nSPS) is 16.0. The van der Waals surface area contributed by atoms with E-state index >= 15 is 19.2 Å². The molecule has 12 N–H and O–H groups in total. The Morgan fingerprint density at radius 2 is 0.846 bits per heavy atom. The number of nitrogens with one attached hydrogen (secondary N) is 9. The number of ether oxygens (including phenoxy) is 6. The number of nitrogens with two attached hydrogens (primary N) is 1. The van der Waals surface area contributed by atoms with E-state index in [1.54, 1.807) is 193 Å².